The van der Waals surface area contributed by atoms with Crippen LogP contribution in [-0.4, -0.2) is 34.4 Å². The van der Waals surface area contributed by atoms with E-state index < -0.39 is 17.6 Å². The van der Waals surface area contributed by atoms with Gasteiger partial charge in [0.2, 0.25) is 0 Å². The minimum atomic E-state index is -0.990. The quantitative estimate of drug-likeness (QED) is 0.333. The van der Waals surface area contributed by atoms with E-state index in [4.69, 9.17) is 10.8 Å². The van der Waals surface area contributed by atoms with Gasteiger partial charge in [-0.15, -0.1) is 0 Å². The highest BCUT2D eigenvalue weighted by Crippen LogP contribution is 2.31. The van der Waals surface area contributed by atoms with E-state index >= 15 is 0 Å². The maximum Gasteiger partial charge on any atom is 0.294 e. The lowest BCUT2D eigenvalue weighted by molar-refractivity contribution is -0.383. The molecule has 94 valence electrons. The van der Waals surface area contributed by atoms with Crippen LogP contribution in [0.2, 0.25) is 0 Å². The maximum absolute atomic E-state index is 10.8. The molecular weight excluding hydrogens is 226 g/mol. The van der Waals surface area contributed by atoms with Crippen molar-refractivity contribution in [2.75, 3.05) is 24.2 Å². The van der Waals surface area contributed by atoms with Gasteiger partial charge in [0.1, 0.15) is 5.69 Å². The number of nitrogens with one attached hydrogen (secondary N) is 1. The van der Waals surface area contributed by atoms with E-state index in [1.54, 1.807) is 13.0 Å². The fourth-order valence-corrected chi connectivity index (χ4v) is 1.42. The third kappa shape index (κ3) is 3.30. The first-order valence-corrected chi connectivity index (χ1v) is 5.03. The number of nitrogens with two attached hydrogens (primary N) is 1. The molecule has 0 fully saturated rings. The molecule has 0 aromatic heterocycles. The van der Waals surface area contributed by atoms with Crippen molar-refractivity contribution in [3.05, 3.63) is 27.8 Å². The number of aliphatic hydroxyl groups is 2. The number of aliphatic hydroxyl groups excluding tert-OH is 2. The predicted molar refractivity (Wildman–Crippen MR) is 63.8 cm³/mol. The average molecular weight is 241 g/mol. The molecule has 5 N–H and O–H groups in total. The van der Waals surface area contributed by atoms with Gasteiger partial charge in [-0.3, -0.25) is 10.1 Å². The van der Waals surface area contributed by atoms with Crippen molar-refractivity contribution in [3.8, 4) is 0 Å². The summed E-state index contributed by atoms with van der Waals surface area (Å²) in [7, 11) is 0. The van der Waals surface area contributed by atoms with Crippen molar-refractivity contribution in [2.45, 2.75) is 13.0 Å². The van der Waals surface area contributed by atoms with E-state index in [9.17, 15) is 15.2 Å². The molecule has 0 saturated heterocycles. The lowest BCUT2D eigenvalue weighted by atomic mass is 10.1. The molecular formula is C10H15N3O4. The molecule has 17 heavy (non-hydrogen) atoms. The summed E-state index contributed by atoms with van der Waals surface area (Å²) in [6.45, 7) is 1.27. The summed E-state index contributed by atoms with van der Waals surface area (Å²) in [4.78, 5) is 10.3. The van der Waals surface area contributed by atoms with E-state index in [0.717, 1.165) is 0 Å². The van der Waals surface area contributed by atoms with E-state index in [1.165, 1.54) is 6.07 Å². The number of hydrogen-bond acceptors (Lipinski definition) is 6. The molecule has 0 radical (unpaired) electrons. The van der Waals surface area contributed by atoms with Gasteiger partial charge in [0.05, 0.1) is 23.3 Å². The van der Waals surface area contributed by atoms with Crippen molar-refractivity contribution >= 4 is 17.1 Å². The summed E-state index contributed by atoms with van der Waals surface area (Å²) in [6.07, 6.45) is -0.990. The second kappa shape index (κ2) is 5.46. The van der Waals surface area contributed by atoms with Crippen molar-refractivity contribution < 1.29 is 15.1 Å². The highest BCUT2D eigenvalue weighted by molar-refractivity contribution is 5.77. The second-order valence-corrected chi connectivity index (χ2v) is 3.72. The van der Waals surface area contributed by atoms with Crippen LogP contribution in [0.15, 0.2) is 12.1 Å². The Morgan fingerprint density at radius 1 is 1.59 bits per heavy atom. The zero-order valence-corrected chi connectivity index (χ0v) is 9.38. The highest BCUT2D eigenvalue weighted by atomic mass is 16.6. The van der Waals surface area contributed by atoms with Gasteiger partial charge in [0.15, 0.2) is 0 Å². The van der Waals surface area contributed by atoms with Gasteiger partial charge in [-0.1, -0.05) is 0 Å². The van der Waals surface area contributed by atoms with Gasteiger partial charge in [-0.2, -0.15) is 0 Å². The summed E-state index contributed by atoms with van der Waals surface area (Å²) < 4.78 is 0. The number of rotatable bonds is 5. The first kappa shape index (κ1) is 13.2. The smallest absolute Gasteiger partial charge is 0.294 e. The van der Waals surface area contributed by atoms with E-state index in [2.05, 4.69) is 5.32 Å². The van der Waals surface area contributed by atoms with Gasteiger partial charge < -0.3 is 21.3 Å². The van der Waals surface area contributed by atoms with Crippen LogP contribution in [0.5, 0.6) is 0 Å². The van der Waals surface area contributed by atoms with Crippen molar-refractivity contribution in [1.82, 2.24) is 0 Å². The molecule has 7 nitrogen and oxygen atoms in total. The molecule has 0 aliphatic rings. The van der Waals surface area contributed by atoms with Gasteiger partial charge in [0.25, 0.3) is 5.69 Å². The van der Waals surface area contributed by atoms with Crippen LogP contribution in [0.1, 0.15) is 5.56 Å². The Kier molecular flexibility index (Phi) is 4.24. The molecule has 0 amide bonds. The number of aryl methyl sites for hydroxylation is 1. The standard InChI is InChI=1S/C10H15N3O4/c1-6-2-8(11)10(9(3-6)13(16)17)12-4-7(15)5-14/h2-3,7,12,14-15H,4-5,11H2,1H3. The number of benzene rings is 1. The minimum Gasteiger partial charge on any atom is -0.397 e. The molecule has 0 spiro atoms. The van der Waals surface area contributed by atoms with Gasteiger partial charge in [-0.05, 0) is 18.6 Å². The normalized spacial score (nSPS) is 12.2. The molecule has 0 aliphatic carbocycles. The number of nitro benzene ring substituents is 1. The van der Waals surface area contributed by atoms with Gasteiger partial charge in [-0.25, -0.2) is 0 Å². The summed E-state index contributed by atoms with van der Waals surface area (Å²) in [5, 5.41) is 31.3. The highest BCUT2D eigenvalue weighted by Gasteiger charge is 2.18. The molecule has 1 atom stereocenters. The SMILES string of the molecule is Cc1cc(N)c(NCC(O)CO)c([N+](=O)[O-])c1. The number of nitro groups is 1. The molecule has 7 heteroatoms. The lowest BCUT2D eigenvalue weighted by Crippen LogP contribution is -2.23. The van der Waals surface area contributed by atoms with Crippen LogP contribution in [0, 0.1) is 17.0 Å². The first-order valence-electron chi connectivity index (χ1n) is 5.03. The third-order valence-corrected chi connectivity index (χ3v) is 2.21. The van der Waals surface area contributed by atoms with E-state index in [1.807, 2.05) is 0 Å². The van der Waals surface area contributed by atoms with E-state index in [-0.39, 0.29) is 23.6 Å². The Labute approximate surface area is 98.0 Å². The Hall–Kier alpha value is -1.86. The monoisotopic (exact) mass is 241 g/mol. The van der Waals surface area contributed by atoms with Gasteiger partial charge >= 0.3 is 0 Å². The third-order valence-electron chi connectivity index (χ3n) is 2.21. The van der Waals surface area contributed by atoms with Crippen LogP contribution < -0.4 is 11.1 Å². The molecule has 0 heterocycles. The number of anilines is 2. The van der Waals surface area contributed by atoms with Crippen LogP contribution >= 0.6 is 0 Å². The fraction of sp³-hybridized carbons (Fsp3) is 0.400. The Morgan fingerprint density at radius 2 is 2.24 bits per heavy atom. The largest absolute Gasteiger partial charge is 0.397 e. The Bertz CT molecular complexity index is 422. The maximum atomic E-state index is 10.8. The summed E-state index contributed by atoms with van der Waals surface area (Å²) in [5.74, 6) is 0. The molecule has 1 unspecified atom stereocenters. The van der Waals surface area contributed by atoms with Crippen LogP contribution in [0.4, 0.5) is 17.1 Å². The lowest BCUT2D eigenvalue weighted by Gasteiger charge is -2.13. The summed E-state index contributed by atoms with van der Waals surface area (Å²) in [5.41, 5.74) is 6.61. The van der Waals surface area contributed by atoms with Crippen molar-refractivity contribution in [1.29, 1.82) is 0 Å². The number of nitrogen functional groups attached to an aromatic ring is 1. The first-order chi connectivity index (χ1) is 7.95. The zero-order chi connectivity index (χ0) is 13.0. The predicted octanol–water partition coefficient (Wildman–Crippen LogP) is 0.251. The molecule has 0 aliphatic heterocycles. The number of nitrogens with zero attached hydrogens (tertiary/aromatic N) is 1. The van der Waals surface area contributed by atoms with E-state index in [0.29, 0.717) is 5.56 Å². The summed E-state index contributed by atoms with van der Waals surface area (Å²) >= 11 is 0. The summed E-state index contributed by atoms with van der Waals surface area (Å²) in [6, 6.07) is 2.99. The number of hydrogen-bond donors (Lipinski definition) is 4. The molecule has 1 aromatic rings. The minimum absolute atomic E-state index is 0.00932. The van der Waals surface area contributed by atoms with Crippen molar-refractivity contribution in [3.63, 3.8) is 0 Å². The average Bonchev–Trinajstić information content (AvgIpc) is 2.26. The second-order valence-electron chi connectivity index (χ2n) is 3.72. The van der Waals surface area contributed by atoms with Crippen LogP contribution in [-0.2, 0) is 0 Å². The Balaban J connectivity index is 3.00. The molecule has 1 aromatic carbocycles. The molecule has 1 rings (SSSR count). The molecule has 0 bridgehead atoms. The van der Waals surface area contributed by atoms with Crippen LogP contribution in [0.3, 0.4) is 0 Å². The molecule has 0 saturated carbocycles. The van der Waals surface area contributed by atoms with Crippen LogP contribution in [0.25, 0.3) is 0 Å². The fourth-order valence-electron chi connectivity index (χ4n) is 1.42. The topological polar surface area (TPSA) is 122 Å². The van der Waals surface area contributed by atoms with Gasteiger partial charge in [0, 0.05) is 12.6 Å². The Morgan fingerprint density at radius 3 is 2.76 bits per heavy atom. The zero-order valence-electron chi connectivity index (χ0n) is 9.38. The van der Waals surface area contributed by atoms with Crippen molar-refractivity contribution in [2.24, 2.45) is 0 Å².